The van der Waals surface area contributed by atoms with Crippen molar-refractivity contribution >= 4 is 41.1 Å². The Morgan fingerprint density at radius 1 is 0.436 bits per heavy atom. The third-order valence-corrected chi connectivity index (χ3v) is 28.9. The van der Waals surface area contributed by atoms with Gasteiger partial charge in [0.15, 0.2) is 0 Å². The predicted octanol–water partition coefficient (Wildman–Crippen LogP) is 16.7. The summed E-state index contributed by atoms with van der Waals surface area (Å²) in [7, 11) is 8.95. The average Bonchev–Trinajstić information content (AvgIpc) is 1.51. The SMILES string of the molecule is CN(C)[C@@H]1CCC2=CC3=CC[C@]4(C)C(c5ccc6c(c5)C=NC6)=CC[C@H]4[C@@]34CCC2(C1)O4.CN(C)[C@H]1CCC2=CC3=CC[C@]4(C)C(c5ccc6c(c5)C=NC6)=CC[C@H]4[C@@]34CCC2(C1)O4.C[C@]12CC=C3C=C4CCC(=O)CC45CC[C@]3(O5)[C@@H]1CC=C2c1ccc2c(c1)C=NC2. The van der Waals surface area contributed by atoms with Crippen molar-refractivity contribution in [1.29, 1.82) is 0 Å². The fraction of sp³-hybridized carbons (Fsp3) is 0.529. The predicted molar refractivity (Wildman–Crippen MR) is 377 cm³/mol. The molecule has 3 unspecified atom stereocenters. The Balaban J connectivity index is 0.000000100. The highest BCUT2D eigenvalue weighted by molar-refractivity contribution is 5.90. The van der Waals surface area contributed by atoms with Crippen LogP contribution in [0.1, 0.15) is 206 Å². The highest BCUT2D eigenvalue weighted by Gasteiger charge is 2.69. The molecule has 9 heteroatoms. The largest absolute Gasteiger partial charge is 0.359 e. The summed E-state index contributed by atoms with van der Waals surface area (Å²) in [6, 6.07) is 22.1. The maximum absolute atomic E-state index is 12.3. The van der Waals surface area contributed by atoms with Gasteiger partial charge < -0.3 is 24.0 Å². The molecule has 9 heterocycles. The zero-order valence-electron chi connectivity index (χ0n) is 56.9. The van der Waals surface area contributed by atoms with E-state index in [4.69, 9.17) is 14.2 Å². The van der Waals surface area contributed by atoms with Gasteiger partial charge >= 0.3 is 0 Å². The van der Waals surface area contributed by atoms with E-state index >= 15 is 0 Å². The molecule has 9 aliphatic carbocycles. The van der Waals surface area contributed by atoms with Crippen LogP contribution in [-0.4, -0.2) is 108 Å². The topological polar surface area (TPSA) is 88.3 Å². The molecule has 6 spiro atoms. The van der Waals surface area contributed by atoms with Gasteiger partial charge in [0.05, 0.1) is 53.2 Å². The number of benzene rings is 3. The van der Waals surface area contributed by atoms with Crippen molar-refractivity contribution in [2.45, 2.75) is 221 Å². The van der Waals surface area contributed by atoms with E-state index in [9.17, 15) is 4.79 Å². The van der Waals surface area contributed by atoms with Gasteiger partial charge in [0.1, 0.15) is 5.78 Å². The molecular formula is C85H95N5O4. The number of fused-ring (bicyclic) bond motifs is 6. The van der Waals surface area contributed by atoms with Crippen molar-refractivity contribution in [1.82, 2.24) is 9.80 Å². The summed E-state index contributed by atoms with van der Waals surface area (Å²) in [6.07, 6.45) is 51.6. The highest BCUT2D eigenvalue weighted by Crippen LogP contribution is 2.71. The second kappa shape index (κ2) is 20.4. The number of hydrogen-bond donors (Lipinski definition) is 0. The van der Waals surface area contributed by atoms with Crippen molar-refractivity contribution in [3.8, 4) is 0 Å². The first kappa shape index (κ1) is 59.1. The Morgan fingerprint density at radius 2 is 0.798 bits per heavy atom. The Hall–Kier alpha value is -6.20. The van der Waals surface area contributed by atoms with Gasteiger partial charge in [-0.05, 0) is 269 Å². The molecular weight excluding hydrogens is 1150 g/mol. The number of aliphatic imine (C=N–C) groups is 3. The number of Topliss-reactive ketones (excluding diaryl/α,β-unsaturated/α-hetero) is 1. The molecule has 0 radical (unpaired) electrons. The second-order valence-corrected chi connectivity index (χ2v) is 33.6. The summed E-state index contributed by atoms with van der Waals surface area (Å²) >= 11 is 0. The lowest BCUT2D eigenvalue weighted by atomic mass is 9.58. The Labute approximate surface area is 557 Å². The van der Waals surface area contributed by atoms with E-state index in [1.807, 2.05) is 18.6 Å². The van der Waals surface area contributed by atoms with E-state index in [0.29, 0.717) is 48.5 Å². The first-order chi connectivity index (χ1) is 45.4. The summed E-state index contributed by atoms with van der Waals surface area (Å²) in [6.45, 7) is 9.95. The van der Waals surface area contributed by atoms with Crippen LogP contribution < -0.4 is 0 Å². The number of hydrogen-bond acceptors (Lipinski definition) is 9. The van der Waals surface area contributed by atoms with E-state index in [2.05, 4.69) is 183 Å². The number of rotatable bonds is 5. The van der Waals surface area contributed by atoms with E-state index in [1.165, 1.54) is 140 Å². The molecule has 14 atom stereocenters. The molecule has 6 bridgehead atoms. The number of carbonyl (C=O) groups excluding carboxylic acids is 1. The van der Waals surface area contributed by atoms with Crippen molar-refractivity contribution in [2.75, 3.05) is 28.2 Å². The lowest BCUT2D eigenvalue weighted by Gasteiger charge is -2.54. The molecule has 3 aromatic carbocycles. The summed E-state index contributed by atoms with van der Waals surface area (Å²) in [5.74, 6) is 1.88. The fourth-order valence-corrected chi connectivity index (χ4v) is 23.8. The zero-order chi connectivity index (χ0) is 63.6. The smallest absolute Gasteiger partial charge is 0.136 e. The van der Waals surface area contributed by atoms with Crippen LogP contribution in [0, 0.1) is 34.0 Å². The fourth-order valence-electron chi connectivity index (χ4n) is 23.8. The maximum atomic E-state index is 12.3. The minimum absolute atomic E-state index is 0.0183. The van der Waals surface area contributed by atoms with Gasteiger partial charge in [0.25, 0.3) is 0 Å². The van der Waals surface area contributed by atoms with Gasteiger partial charge in [-0.3, -0.25) is 19.8 Å². The van der Waals surface area contributed by atoms with Crippen LogP contribution in [0.3, 0.4) is 0 Å². The Morgan fingerprint density at radius 3 is 1.18 bits per heavy atom. The van der Waals surface area contributed by atoms with E-state index in [-0.39, 0.29) is 49.9 Å². The van der Waals surface area contributed by atoms with E-state index < -0.39 is 0 Å². The van der Waals surface area contributed by atoms with Crippen LogP contribution in [0.25, 0.3) is 16.7 Å². The van der Waals surface area contributed by atoms with Crippen molar-refractivity contribution < 1.29 is 19.0 Å². The molecule has 9 aliphatic heterocycles. The number of nitrogens with zero attached hydrogens (tertiary/aromatic N) is 5. The third kappa shape index (κ3) is 8.17. The van der Waals surface area contributed by atoms with E-state index in [1.54, 1.807) is 11.1 Å². The van der Waals surface area contributed by atoms with Gasteiger partial charge in [-0.2, -0.15) is 0 Å². The Kier molecular flexibility index (Phi) is 12.9. The molecule has 3 saturated heterocycles. The van der Waals surface area contributed by atoms with Gasteiger partial charge in [0.2, 0.25) is 0 Å². The quantitative estimate of drug-likeness (QED) is 0.253. The minimum Gasteiger partial charge on any atom is -0.359 e. The van der Waals surface area contributed by atoms with Gasteiger partial charge in [0, 0.05) is 77.6 Å². The molecule has 3 aromatic rings. The molecule has 0 N–H and O–H groups in total. The number of allylic oxidation sites excluding steroid dienone is 9. The van der Waals surface area contributed by atoms with Crippen LogP contribution >= 0.6 is 0 Å². The molecule has 9 nitrogen and oxygen atoms in total. The van der Waals surface area contributed by atoms with Gasteiger partial charge in [-0.25, -0.2) is 0 Å². The first-order valence-electron chi connectivity index (χ1n) is 36.6. The maximum Gasteiger partial charge on any atom is 0.136 e. The van der Waals surface area contributed by atoms with Gasteiger partial charge in [-0.1, -0.05) is 112 Å². The molecule has 21 rings (SSSR count). The first-order valence-corrected chi connectivity index (χ1v) is 36.6. The zero-order valence-corrected chi connectivity index (χ0v) is 56.9. The van der Waals surface area contributed by atoms with Crippen LogP contribution in [0.2, 0.25) is 0 Å². The number of carbonyl (C=O) groups is 1. The lowest BCUT2D eigenvalue weighted by molar-refractivity contribution is -0.143. The summed E-state index contributed by atoms with van der Waals surface area (Å²) in [5.41, 5.74) is 25.1. The summed E-state index contributed by atoms with van der Waals surface area (Å²) < 4.78 is 21.8. The molecule has 0 aromatic heterocycles. The normalized spacial score (nSPS) is 40.7. The lowest BCUT2D eigenvalue weighted by Crippen LogP contribution is -2.54. The van der Waals surface area contributed by atoms with Crippen molar-refractivity contribution in [2.24, 2.45) is 49.0 Å². The van der Waals surface area contributed by atoms with Gasteiger partial charge in [-0.15, -0.1) is 0 Å². The summed E-state index contributed by atoms with van der Waals surface area (Å²) in [4.78, 5) is 30.6. The number of ether oxygens (including phenoxy) is 3. The standard InChI is InChI=1S/2C29H34N2O.C27H27NO2/c2*1-27-11-10-23-15-22-6-7-24(31(2)3)16-28(22)12-13-29(23,32-28)26(27)9-8-25(27)19-4-5-20-17-30-18-21(20)14-19;1-25-9-8-21-13-20-4-5-22(29)14-26(20)10-11-27(21,30-26)24(25)7-6-23(25)17-2-3-18-15-28-16-19(18)12-17/h2*4-5,8,10,14-15,18,24,26H,6-7,9,11-13,16-17H2,1-3H3;2-3,6,8,12-13,16,24H,4-5,7,9-11,14-15H2,1H3/t24-,26+,27+,28?,29+;24-,26-,27-,28?,29-;24-,25-,26?,27-/m011/s1. The van der Waals surface area contributed by atoms with E-state index in [0.717, 1.165) is 90.3 Å². The van der Waals surface area contributed by atoms with Crippen LogP contribution in [0.4, 0.5) is 0 Å². The minimum atomic E-state index is -0.308. The highest BCUT2D eigenvalue weighted by atomic mass is 16.5. The molecule has 94 heavy (non-hydrogen) atoms. The average molecular weight is 1250 g/mol. The molecule has 484 valence electrons. The molecule has 0 amide bonds. The van der Waals surface area contributed by atoms with Crippen molar-refractivity contribution in [3.05, 3.63) is 193 Å². The monoisotopic (exact) mass is 1250 g/mol. The molecule has 6 fully saturated rings. The molecule has 18 aliphatic rings. The molecule has 3 saturated carbocycles. The van der Waals surface area contributed by atoms with Crippen LogP contribution in [-0.2, 0) is 38.6 Å². The number of ketones is 1. The van der Waals surface area contributed by atoms with Crippen LogP contribution in [0.5, 0.6) is 0 Å². The van der Waals surface area contributed by atoms with Crippen LogP contribution in [0.15, 0.2) is 158 Å². The second-order valence-electron chi connectivity index (χ2n) is 33.6. The Bertz CT molecular complexity index is 4090. The van der Waals surface area contributed by atoms with Crippen molar-refractivity contribution in [3.63, 3.8) is 0 Å². The third-order valence-electron chi connectivity index (χ3n) is 28.9. The summed E-state index contributed by atoms with van der Waals surface area (Å²) in [5, 5.41) is 0.